The molecular formula is C50H53Cl3N6O2. The van der Waals surface area contributed by atoms with Crippen LogP contribution in [0.5, 0.6) is 0 Å². The predicted octanol–water partition coefficient (Wildman–Crippen LogP) is 10.9. The molecule has 2 fully saturated rings. The lowest BCUT2D eigenvalue weighted by Crippen LogP contribution is -2.34. The average molecular weight is 876 g/mol. The van der Waals surface area contributed by atoms with Crippen LogP contribution in [0.1, 0.15) is 61.5 Å². The zero-order chi connectivity index (χ0) is 42.1. The third-order valence-corrected chi connectivity index (χ3v) is 13.0. The number of piperidine rings is 2. The molecule has 2 aliphatic rings. The van der Waals surface area contributed by atoms with Crippen molar-refractivity contribution in [3.63, 3.8) is 0 Å². The number of fused-ring (bicyclic) bond motifs is 6. The monoisotopic (exact) mass is 874 g/mol. The summed E-state index contributed by atoms with van der Waals surface area (Å²) in [4.78, 5) is 28.0. The molecule has 10 rings (SSSR count). The fourth-order valence-corrected chi connectivity index (χ4v) is 9.42. The van der Waals surface area contributed by atoms with Gasteiger partial charge in [0, 0.05) is 41.4 Å². The summed E-state index contributed by atoms with van der Waals surface area (Å²) in [5.41, 5.74) is 8.53. The number of aromatic nitrogens is 4. The van der Waals surface area contributed by atoms with Crippen molar-refractivity contribution in [1.29, 1.82) is 0 Å². The minimum atomic E-state index is 0.0452. The number of halogens is 3. The molecule has 0 radical (unpaired) electrons. The van der Waals surface area contributed by atoms with Gasteiger partial charge in [0.15, 0.2) is 0 Å². The van der Waals surface area contributed by atoms with Crippen LogP contribution in [-0.4, -0.2) is 61.4 Å². The number of aryl methyl sites for hydroxylation is 2. The number of hydrogen-bond acceptors (Lipinski definition) is 4. The van der Waals surface area contributed by atoms with Gasteiger partial charge in [0.2, 0.25) is 0 Å². The Hall–Kier alpha value is -4.83. The van der Waals surface area contributed by atoms with Gasteiger partial charge in [-0.1, -0.05) is 71.7 Å². The Morgan fingerprint density at radius 2 is 0.918 bits per heavy atom. The van der Waals surface area contributed by atoms with Crippen molar-refractivity contribution in [1.82, 2.24) is 28.2 Å². The highest BCUT2D eigenvalue weighted by atomic mass is 35.5. The second-order valence-corrected chi connectivity index (χ2v) is 17.3. The van der Waals surface area contributed by atoms with Gasteiger partial charge >= 0.3 is 0 Å². The van der Waals surface area contributed by atoms with Gasteiger partial charge in [-0.25, -0.2) is 0 Å². The zero-order valence-electron chi connectivity index (χ0n) is 34.4. The van der Waals surface area contributed by atoms with Crippen molar-refractivity contribution in [2.24, 2.45) is 0 Å². The SMILES string of the molecule is Clc1ccc(C2CCNCC2)cc1.O=c1c2cccn2c2ccccc2n1CCCCl.O=c1c2cccn2c2ccccc2n1CCCN1CCC(c2ccc(Cl)cc2)CC1. The molecule has 0 bridgehead atoms. The summed E-state index contributed by atoms with van der Waals surface area (Å²) in [5, 5.41) is 5.00. The molecule has 2 aliphatic heterocycles. The number of rotatable bonds is 9. The maximum atomic E-state index is 13.0. The number of nitrogens with one attached hydrogen (secondary N) is 1. The van der Waals surface area contributed by atoms with Gasteiger partial charge < -0.3 is 28.2 Å². The minimum absolute atomic E-state index is 0.0452. The first-order valence-corrected chi connectivity index (χ1v) is 22.9. The molecule has 6 heterocycles. The maximum absolute atomic E-state index is 13.0. The molecule has 11 heteroatoms. The Morgan fingerprint density at radius 1 is 0.492 bits per heavy atom. The van der Waals surface area contributed by atoms with E-state index in [1.165, 1.54) is 36.8 Å². The van der Waals surface area contributed by atoms with E-state index in [0.29, 0.717) is 23.9 Å². The summed E-state index contributed by atoms with van der Waals surface area (Å²) in [7, 11) is 0. The van der Waals surface area contributed by atoms with Crippen LogP contribution >= 0.6 is 34.8 Å². The van der Waals surface area contributed by atoms with E-state index in [1.54, 1.807) is 0 Å². The summed E-state index contributed by atoms with van der Waals surface area (Å²) in [6, 6.07) is 40.3. The van der Waals surface area contributed by atoms with Crippen molar-refractivity contribution in [2.45, 2.75) is 63.5 Å². The molecule has 4 aromatic heterocycles. The van der Waals surface area contributed by atoms with Gasteiger partial charge in [-0.3, -0.25) is 9.59 Å². The standard InChI is InChI=1S/C25H26ClN3O.C14H13ClN2O.C11H14ClN/c26-21-10-8-19(9-11-21)20-12-17-27(18-13-20)14-4-16-29-23-6-2-1-5-22(23)28-15-3-7-24(28)25(29)30;15-8-4-10-17-12-6-2-1-5-11(12)16-9-3-7-13(16)14(17)18;12-11-3-1-9(2-4-11)10-5-7-13-8-6-10/h1-3,5-11,15,20H,4,12-14,16-18H2;1-3,5-7,9H,4,8,10H2;1-4,10,13H,5-8H2. The lowest BCUT2D eigenvalue weighted by atomic mass is 9.89. The second-order valence-electron chi connectivity index (χ2n) is 16.1. The van der Waals surface area contributed by atoms with Crippen molar-refractivity contribution < 1.29 is 0 Å². The molecule has 0 atom stereocenters. The van der Waals surface area contributed by atoms with Crippen LogP contribution in [0.2, 0.25) is 10.0 Å². The predicted molar refractivity (Wildman–Crippen MR) is 254 cm³/mol. The summed E-state index contributed by atoms with van der Waals surface area (Å²) < 4.78 is 7.70. The van der Waals surface area contributed by atoms with E-state index in [9.17, 15) is 9.59 Å². The molecule has 0 spiro atoms. The molecule has 0 unspecified atom stereocenters. The first-order valence-electron chi connectivity index (χ1n) is 21.6. The zero-order valence-corrected chi connectivity index (χ0v) is 36.7. The Kier molecular flexibility index (Phi) is 14.3. The molecule has 316 valence electrons. The Balaban J connectivity index is 0.000000140. The smallest absolute Gasteiger partial charge is 0.275 e. The van der Waals surface area contributed by atoms with Gasteiger partial charge in [0.1, 0.15) is 11.0 Å². The average Bonchev–Trinajstić information content (AvgIpc) is 4.02. The number of para-hydroxylation sites is 4. The van der Waals surface area contributed by atoms with E-state index in [2.05, 4.69) is 40.5 Å². The van der Waals surface area contributed by atoms with E-state index in [0.717, 1.165) is 95.7 Å². The van der Waals surface area contributed by atoms with Crippen LogP contribution < -0.4 is 16.4 Å². The van der Waals surface area contributed by atoms with E-state index in [1.807, 2.05) is 121 Å². The van der Waals surface area contributed by atoms with Gasteiger partial charge in [0.25, 0.3) is 11.1 Å². The molecule has 8 nitrogen and oxygen atoms in total. The van der Waals surface area contributed by atoms with Crippen molar-refractivity contribution in [3.05, 3.63) is 176 Å². The Bertz CT molecular complexity index is 2790. The van der Waals surface area contributed by atoms with Crippen LogP contribution in [0.4, 0.5) is 0 Å². The minimum Gasteiger partial charge on any atom is -0.317 e. The largest absolute Gasteiger partial charge is 0.317 e. The van der Waals surface area contributed by atoms with E-state index in [4.69, 9.17) is 34.8 Å². The third-order valence-electron chi connectivity index (χ3n) is 12.3. The fourth-order valence-electron chi connectivity index (χ4n) is 9.05. The highest BCUT2D eigenvalue weighted by molar-refractivity contribution is 6.30. The summed E-state index contributed by atoms with van der Waals surface area (Å²) in [6.45, 7) is 6.95. The first-order chi connectivity index (χ1) is 29.9. The highest BCUT2D eigenvalue weighted by Gasteiger charge is 2.21. The van der Waals surface area contributed by atoms with Crippen molar-refractivity contribution in [3.8, 4) is 0 Å². The summed E-state index contributed by atoms with van der Waals surface area (Å²) >= 11 is 17.6. The molecule has 2 saturated heterocycles. The van der Waals surface area contributed by atoms with E-state index >= 15 is 0 Å². The van der Waals surface area contributed by atoms with E-state index in [-0.39, 0.29) is 11.1 Å². The summed E-state index contributed by atoms with van der Waals surface area (Å²) in [6.07, 6.45) is 10.5. The van der Waals surface area contributed by atoms with Crippen LogP contribution in [0, 0.1) is 0 Å². The molecule has 0 amide bonds. The number of alkyl halides is 1. The molecular weight excluding hydrogens is 823 g/mol. The van der Waals surface area contributed by atoms with Crippen molar-refractivity contribution in [2.75, 3.05) is 38.6 Å². The van der Waals surface area contributed by atoms with E-state index < -0.39 is 0 Å². The van der Waals surface area contributed by atoms with Gasteiger partial charge in [-0.05, 0) is 167 Å². The van der Waals surface area contributed by atoms with Gasteiger partial charge in [-0.15, -0.1) is 11.6 Å². The normalized spacial score (nSPS) is 15.2. The molecule has 0 aliphatic carbocycles. The molecule has 0 saturated carbocycles. The number of nitrogens with zero attached hydrogens (tertiary/aromatic N) is 5. The number of hydrogen-bond donors (Lipinski definition) is 1. The Labute approximate surface area is 371 Å². The molecule has 8 aromatic rings. The Morgan fingerprint density at radius 3 is 1.39 bits per heavy atom. The first kappa shape index (κ1) is 42.8. The summed E-state index contributed by atoms with van der Waals surface area (Å²) in [5.74, 6) is 1.92. The van der Waals surface area contributed by atoms with Gasteiger partial charge in [0.05, 0.1) is 22.1 Å². The van der Waals surface area contributed by atoms with Crippen LogP contribution in [-0.2, 0) is 13.1 Å². The third kappa shape index (κ3) is 9.95. The van der Waals surface area contributed by atoms with Crippen LogP contribution in [0.25, 0.3) is 33.1 Å². The van der Waals surface area contributed by atoms with Crippen molar-refractivity contribution >= 4 is 67.9 Å². The number of likely N-dealkylation sites (tertiary alicyclic amines) is 1. The highest BCUT2D eigenvalue weighted by Crippen LogP contribution is 2.29. The number of benzene rings is 4. The van der Waals surface area contributed by atoms with Crippen LogP contribution in [0.15, 0.2) is 143 Å². The topological polar surface area (TPSA) is 68.1 Å². The van der Waals surface area contributed by atoms with Crippen LogP contribution in [0.3, 0.4) is 0 Å². The van der Waals surface area contributed by atoms with Gasteiger partial charge in [-0.2, -0.15) is 0 Å². The lowest BCUT2D eigenvalue weighted by Gasteiger charge is -2.32. The lowest BCUT2D eigenvalue weighted by molar-refractivity contribution is 0.207. The second kappa shape index (κ2) is 20.4. The maximum Gasteiger partial charge on any atom is 0.275 e. The fraction of sp³-hybridized carbons (Fsp3) is 0.320. The molecule has 4 aromatic carbocycles. The molecule has 61 heavy (non-hydrogen) atoms. The quantitative estimate of drug-likeness (QED) is 0.147. The molecule has 1 N–H and O–H groups in total.